The molecule has 0 bridgehead atoms. The number of hydrogen-bond donors (Lipinski definition) is 2. The molecular weight excluding hydrogens is 330 g/mol. The van der Waals surface area contributed by atoms with Gasteiger partial charge in [-0.05, 0) is 48.2 Å². The Balaban J connectivity index is 3.10. The lowest BCUT2D eigenvalue weighted by molar-refractivity contribution is 0.0689. The first kappa shape index (κ1) is 16.0. The van der Waals surface area contributed by atoms with Crippen LogP contribution in [0.4, 0.5) is 0 Å². The SMILES string of the molecule is CSCC(C)(C)NC(=O)c1c(Br)cccc1C(=O)O. The Morgan fingerprint density at radius 2 is 2.05 bits per heavy atom. The fourth-order valence-corrected chi connectivity index (χ4v) is 3.04. The standard InChI is InChI=1S/C13H16BrNO3S/c1-13(2,7-19-3)15-11(16)10-8(12(17)18)5-4-6-9(10)14/h4-6H,7H2,1-3H3,(H,15,16)(H,17,18). The first-order chi connectivity index (χ1) is 8.78. The molecule has 1 aromatic carbocycles. The molecule has 0 radical (unpaired) electrons. The highest BCUT2D eigenvalue weighted by atomic mass is 79.9. The molecule has 0 aromatic heterocycles. The molecule has 0 fully saturated rings. The first-order valence-electron chi connectivity index (χ1n) is 5.62. The molecule has 0 spiro atoms. The number of carboxylic acid groups (broad SMARTS) is 1. The van der Waals surface area contributed by atoms with Gasteiger partial charge in [0.05, 0.1) is 11.1 Å². The zero-order valence-corrected chi connectivity index (χ0v) is 13.4. The number of carbonyl (C=O) groups is 2. The number of rotatable bonds is 5. The minimum Gasteiger partial charge on any atom is -0.478 e. The van der Waals surface area contributed by atoms with Gasteiger partial charge in [-0.1, -0.05) is 6.07 Å². The van der Waals surface area contributed by atoms with E-state index >= 15 is 0 Å². The lowest BCUT2D eigenvalue weighted by atomic mass is 10.0. The minimum absolute atomic E-state index is 0.00757. The van der Waals surface area contributed by atoms with E-state index in [-0.39, 0.29) is 17.0 Å². The van der Waals surface area contributed by atoms with Crippen LogP contribution in [0.3, 0.4) is 0 Å². The second-order valence-electron chi connectivity index (χ2n) is 4.74. The van der Waals surface area contributed by atoms with Crippen molar-refractivity contribution < 1.29 is 14.7 Å². The average Bonchev–Trinajstić information content (AvgIpc) is 2.27. The summed E-state index contributed by atoms with van der Waals surface area (Å²) in [5.41, 5.74) is -0.252. The lowest BCUT2D eigenvalue weighted by Gasteiger charge is -2.26. The van der Waals surface area contributed by atoms with Gasteiger partial charge < -0.3 is 10.4 Å². The number of thioether (sulfide) groups is 1. The van der Waals surface area contributed by atoms with E-state index in [9.17, 15) is 9.59 Å². The summed E-state index contributed by atoms with van der Waals surface area (Å²) in [7, 11) is 0. The fourth-order valence-electron chi connectivity index (χ4n) is 1.70. The Bertz CT molecular complexity index is 503. The van der Waals surface area contributed by atoms with Gasteiger partial charge in [0.25, 0.3) is 5.91 Å². The number of benzene rings is 1. The number of aromatic carboxylic acids is 1. The molecule has 0 aliphatic rings. The summed E-state index contributed by atoms with van der Waals surface area (Å²) in [6.07, 6.45) is 1.95. The van der Waals surface area contributed by atoms with E-state index in [1.165, 1.54) is 6.07 Å². The number of nitrogens with one attached hydrogen (secondary N) is 1. The summed E-state index contributed by atoms with van der Waals surface area (Å²) in [5, 5.41) is 12.0. The summed E-state index contributed by atoms with van der Waals surface area (Å²) in [5.74, 6) is -0.760. The van der Waals surface area contributed by atoms with Crippen LogP contribution in [0.2, 0.25) is 0 Å². The number of halogens is 1. The van der Waals surface area contributed by atoms with Gasteiger partial charge in [-0.15, -0.1) is 0 Å². The van der Waals surface area contributed by atoms with Crippen LogP contribution in [0, 0.1) is 0 Å². The monoisotopic (exact) mass is 345 g/mol. The Kier molecular flexibility index (Phi) is 5.43. The molecule has 2 N–H and O–H groups in total. The average molecular weight is 346 g/mol. The van der Waals surface area contributed by atoms with Crippen molar-refractivity contribution in [3.63, 3.8) is 0 Å². The van der Waals surface area contributed by atoms with Gasteiger partial charge >= 0.3 is 5.97 Å². The molecule has 4 nitrogen and oxygen atoms in total. The van der Waals surface area contributed by atoms with Gasteiger partial charge in [-0.25, -0.2) is 4.79 Å². The molecular formula is C13H16BrNO3S. The number of amides is 1. The van der Waals surface area contributed by atoms with Crippen LogP contribution in [0.15, 0.2) is 22.7 Å². The largest absolute Gasteiger partial charge is 0.478 e. The van der Waals surface area contributed by atoms with Gasteiger partial charge in [0, 0.05) is 15.8 Å². The molecule has 104 valence electrons. The predicted octanol–water partition coefficient (Wildman–Crippen LogP) is 3.02. The molecule has 1 aromatic rings. The predicted molar refractivity (Wildman–Crippen MR) is 81.0 cm³/mol. The molecule has 0 aliphatic heterocycles. The van der Waals surface area contributed by atoms with Crippen LogP contribution in [0.1, 0.15) is 34.6 Å². The van der Waals surface area contributed by atoms with E-state index < -0.39 is 11.5 Å². The van der Waals surface area contributed by atoms with Crippen molar-refractivity contribution in [1.29, 1.82) is 0 Å². The zero-order valence-electron chi connectivity index (χ0n) is 11.0. The Morgan fingerprint density at radius 1 is 1.42 bits per heavy atom. The third-order valence-corrected chi connectivity index (χ3v) is 4.10. The Labute approximate surface area is 125 Å². The normalized spacial score (nSPS) is 11.2. The fraction of sp³-hybridized carbons (Fsp3) is 0.385. The van der Waals surface area contributed by atoms with E-state index in [1.54, 1.807) is 23.9 Å². The van der Waals surface area contributed by atoms with Crippen LogP contribution < -0.4 is 5.32 Å². The third-order valence-electron chi connectivity index (χ3n) is 2.43. The summed E-state index contributed by atoms with van der Waals surface area (Å²) in [6.45, 7) is 3.80. The maximum Gasteiger partial charge on any atom is 0.336 e. The second-order valence-corrected chi connectivity index (χ2v) is 6.46. The van der Waals surface area contributed by atoms with Crippen molar-refractivity contribution in [2.24, 2.45) is 0 Å². The quantitative estimate of drug-likeness (QED) is 0.860. The molecule has 0 aliphatic carbocycles. The van der Waals surface area contributed by atoms with Crippen LogP contribution in [-0.2, 0) is 0 Å². The van der Waals surface area contributed by atoms with Crippen molar-refractivity contribution in [3.8, 4) is 0 Å². The maximum absolute atomic E-state index is 12.3. The molecule has 19 heavy (non-hydrogen) atoms. The first-order valence-corrected chi connectivity index (χ1v) is 7.80. The molecule has 0 heterocycles. The van der Waals surface area contributed by atoms with Gasteiger partial charge in [0.15, 0.2) is 0 Å². The van der Waals surface area contributed by atoms with E-state index in [2.05, 4.69) is 21.2 Å². The summed E-state index contributed by atoms with van der Waals surface area (Å²) >= 11 is 4.85. The molecule has 0 saturated carbocycles. The van der Waals surface area contributed by atoms with Crippen LogP contribution in [0.5, 0.6) is 0 Å². The van der Waals surface area contributed by atoms with Crippen molar-refractivity contribution >= 4 is 39.6 Å². The molecule has 0 unspecified atom stereocenters. The van der Waals surface area contributed by atoms with Crippen LogP contribution >= 0.6 is 27.7 Å². The van der Waals surface area contributed by atoms with E-state index in [4.69, 9.17) is 5.11 Å². The number of carbonyl (C=O) groups excluding carboxylic acids is 1. The van der Waals surface area contributed by atoms with Crippen molar-refractivity contribution in [3.05, 3.63) is 33.8 Å². The van der Waals surface area contributed by atoms with Crippen molar-refractivity contribution in [2.45, 2.75) is 19.4 Å². The highest BCUT2D eigenvalue weighted by molar-refractivity contribution is 9.10. The van der Waals surface area contributed by atoms with E-state index in [1.807, 2.05) is 20.1 Å². The Morgan fingerprint density at radius 3 is 2.58 bits per heavy atom. The molecule has 1 rings (SSSR count). The molecule has 1 amide bonds. The second kappa shape index (κ2) is 6.43. The van der Waals surface area contributed by atoms with Gasteiger partial charge in [-0.3, -0.25) is 4.79 Å². The molecule has 0 saturated heterocycles. The smallest absolute Gasteiger partial charge is 0.336 e. The Hall–Kier alpha value is -1.01. The molecule has 6 heteroatoms. The highest BCUT2D eigenvalue weighted by Crippen LogP contribution is 2.22. The lowest BCUT2D eigenvalue weighted by Crippen LogP contribution is -2.45. The number of hydrogen-bond acceptors (Lipinski definition) is 3. The summed E-state index contributed by atoms with van der Waals surface area (Å²) < 4.78 is 0.477. The number of carboxylic acids is 1. The van der Waals surface area contributed by atoms with Gasteiger partial charge in [0.1, 0.15) is 0 Å². The topological polar surface area (TPSA) is 66.4 Å². The zero-order chi connectivity index (χ0) is 14.6. The van der Waals surface area contributed by atoms with Crippen LogP contribution in [-0.4, -0.2) is 34.5 Å². The maximum atomic E-state index is 12.3. The summed E-state index contributed by atoms with van der Waals surface area (Å²) in [6, 6.07) is 4.67. The van der Waals surface area contributed by atoms with Crippen molar-refractivity contribution in [1.82, 2.24) is 5.32 Å². The van der Waals surface area contributed by atoms with Crippen LogP contribution in [0.25, 0.3) is 0 Å². The van der Waals surface area contributed by atoms with Crippen molar-refractivity contribution in [2.75, 3.05) is 12.0 Å². The minimum atomic E-state index is -1.12. The summed E-state index contributed by atoms with van der Waals surface area (Å²) in [4.78, 5) is 23.4. The van der Waals surface area contributed by atoms with E-state index in [0.717, 1.165) is 5.75 Å². The molecule has 0 atom stereocenters. The van der Waals surface area contributed by atoms with Gasteiger partial charge in [0.2, 0.25) is 0 Å². The third kappa shape index (κ3) is 4.24. The highest BCUT2D eigenvalue weighted by Gasteiger charge is 2.25. The van der Waals surface area contributed by atoms with Gasteiger partial charge in [-0.2, -0.15) is 11.8 Å². The van der Waals surface area contributed by atoms with E-state index in [0.29, 0.717) is 4.47 Å².